The number of pyridine rings is 1. The number of aryl methyl sites for hydroxylation is 1. The summed E-state index contributed by atoms with van der Waals surface area (Å²) in [4.78, 5) is 18.0. The van der Waals surface area contributed by atoms with Crippen molar-refractivity contribution < 1.29 is 9.90 Å². The molecule has 0 radical (unpaired) electrons. The molecule has 0 bridgehead atoms. The highest BCUT2D eigenvalue weighted by molar-refractivity contribution is 5.88. The highest BCUT2D eigenvalue weighted by Gasteiger charge is 2.23. The predicted octanol–water partition coefficient (Wildman–Crippen LogP) is 2.82. The molecule has 1 aliphatic rings. The molecule has 19 heavy (non-hydrogen) atoms. The van der Waals surface area contributed by atoms with Crippen molar-refractivity contribution >= 4 is 11.8 Å². The standard InChI is InChI=1S/C15H22N2O2/c1-4-13-6-12(15(18)19)7-14(16-13)17-8-10(2)5-11(3)9-17/h6-7,10-11H,4-5,8-9H2,1-3H3,(H,18,19). The number of anilines is 1. The Hall–Kier alpha value is -1.58. The lowest BCUT2D eigenvalue weighted by atomic mass is 9.92. The van der Waals surface area contributed by atoms with Gasteiger partial charge in [-0.1, -0.05) is 20.8 Å². The van der Waals surface area contributed by atoms with E-state index < -0.39 is 5.97 Å². The molecule has 4 nitrogen and oxygen atoms in total. The summed E-state index contributed by atoms with van der Waals surface area (Å²) < 4.78 is 0. The number of nitrogens with zero attached hydrogens (tertiary/aromatic N) is 2. The Kier molecular flexibility index (Phi) is 4.08. The molecule has 2 heterocycles. The summed E-state index contributed by atoms with van der Waals surface area (Å²) in [6, 6.07) is 3.37. The Morgan fingerprint density at radius 2 is 2.00 bits per heavy atom. The lowest BCUT2D eigenvalue weighted by molar-refractivity contribution is 0.0696. The number of aromatic nitrogens is 1. The lowest BCUT2D eigenvalue weighted by Crippen LogP contribution is -2.39. The fraction of sp³-hybridized carbons (Fsp3) is 0.600. The van der Waals surface area contributed by atoms with Gasteiger partial charge in [-0.3, -0.25) is 0 Å². The highest BCUT2D eigenvalue weighted by Crippen LogP contribution is 2.26. The summed E-state index contributed by atoms with van der Waals surface area (Å²) in [6.45, 7) is 8.40. The summed E-state index contributed by atoms with van der Waals surface area (Å²) in [7, 11) is 0. The fourth-order valence-corrected chi connectivity index (χ4v) is 2.89. The first-order chi connectivity index (χ1) is 8.99. The van der Waals surface area contributed by atoms with Crippen LogP contribution in [0, 0.1) is 11.8 Å². The van der Waals surface area contributed by atoms with E-state index >= 15 is 0 Å². The Balaban J connectivity index is 2.32. The summed E-state index contributed by atoms with van der Waals surface area (Å²) in [5, 5.41) is 9.19. The van der Waals surface area contributed by atoms with Gasteiger partial charge < -0.3 is 10.0 Å². The van der Waals surface area contributed by atoms with Crippen molar-refractivity contribution in [1.29, 1.82) is 0 Å². The smallest absolute Gasteiger partial charge is 0.335 e. The van der Waals surface area contributed by atoms with Crippen LogP contribution in [0.3, 0.4) is 0 Å². The molecule has 1 N–H and O–H groups in total. The van der Waals surface area contributed by atoms with Gasteiger partial charge in [-0.25, -0.2) is 9.78 Å². The van der Waals surface area contributed by atoms with Gasteiger partial charge in [-0.05, 0) is 36.8 Å². The van der Waals surface area contributed by atoms with Crippen LogP contribution >= 0.6 is 0 Å². The number of hydrogen-bond acceptors (Lipinski definition) is 3. The van der Waals surface area contributed by atoms with Gasteiger partial charge in [0.25, 0.3) is 0 Å². The quantitative estimate of drug-likeness (QED) is 0.910. The number of carboxylic acid groups (broad SMARTS) is 1. The van der Waals surface area contributed by atoms with Crippen LogP contribution in [-0.4, -0.2) is 29.1 Å². The van der Waals surface area contributed by atoms with Crippen LogP contribution in [0.4, 0.5) is 5.82 Å². The van der Waals surface area contributed by atoms with E-state index in [4.69, 9.17) is 0 Å². The van der Waals surface area contributed by atoms with E-state index in [0.29, 0.717) is 17.4 Å². The summed E-state index contributed by atoms with van der Waals surface area (Å²) in [6.07, 6.45) is 1.99. The number of carbonyl (C=O) groups is 1. The Morgan fingerprint density at radius 1 is 1.37 bits per heavy atom. The minimum Gasteiger partial charge on any atom is -0.478 e. The monoisotopic (exact) mass is 262 g/mol. The number of aromatic carboxylic acids is 1. The third kappa shape index (κ3) is 3.25. The maximum absolute atomic E-state index is 11.2. The zero-order valence-electron chi connectivity index (χ0n) is 11.9. The minimum absolute atomic E-state index is 0.340. The van der Waals surface area contributed by atoms with E-state index in [-0.39, 0.29) is 0 Å². The van der Waals surface area contributed by atoms with Crippen molar-refractivity contribution in [3.63, 3.8) is 0 Å². The SMILES string of the molecule is CCc1cc(C(=O)O)cc(N2CC(C)CC(C)C2)n1. The molecule has 4 heteroatoms. The zero-order valence-corrected chi connectivity index (χ0v) is 11.9. The summed E-state index contributed by atoms with van der Waals surface area (Å²) in [5.74, 6) is 1.19. The molecule has 0 spiro atoms. The van der Waals surface area contributed by atoms with Crippen molar-refractivity contribution in [3.8, 4) is 0 Å². The normalized spacial score (nSPS) is 23.4. The fourth-order valence-electron chi connectivity index (χ4n) is 2.89. The first-order valence-electron chi connectivity index (χ1n) is 6.98. The lowest BCUT2D eigenvalue weighted by Gasteiger charge is -2.36. The number of rotatable bonds is 3. The topological polar surface area (TPSA) is 53.4 Å². The average Bonchev–Trinajstić information content (AvgIpc) is 2.37. The molecule has 2 rings (SSSR count). The van der Waals surface area contributed by atoms with Gasteiger partial charge in [0, 0.05) is 18.8 Å². The maximum Gasteiger partial charge on any atom is 0.335 e. The molecular weight excluding hydrogens is 240 g/mol. The molecule has 0 aromatic carbocycles. The van der Waals surface area contributed by atoms with Gasteiger partial charge in [0.15, 0.2) is 0 Å². The van der Waals surface area contributed by atoms with E-state index in [0.717, 1.165) is 31.0 Å². The molecule has 0 aliphatic carbocycles. The predicted molar refractivity (Wildman–Crippen MR) is 75.7 cm³/mol. The summed E-state index contributed by atoms with van der Waals surface area (Å²) in [5.41, 5.74) is 1.19. The largest absolute Gasteiger partial charge is 0.478 e. The van der Waals surface area contributed by atoms with Crippen LogP contribution in [0.15, 0.2) is 12.1 Å². The zero-order chi connectivity index (χ0) is 14.0. The van der Waals surface area contributed by atoms with Crippen LogP contribution in [0.25, 0.3) is 0 Å². The molecule has 1 aromatic rings. The number of hydrogen-bond donors (Lipinski definition) is 1. The van der Waals surface area contributed by atoms with Gasteiger partial charge in [0.1, 0.15) is 5.82 Å². The summed E-state index contributed by atoms with van der Waals surface area (Å²) >= 11 is 0. The molecule has 1 aliphatic heterocycles. The number of carboxylic acids is 1. The van der Waals surface area contributed by atoms with Gasteiger partial charge in [-0.15, -0.1) is 0 Å². The molecule has 0 amide bonds. The Morgan fingerprint density at radius 3 is 2.53 bits per heavy atom. The second kappa shape index (κ2) is 5.59. The third-order valence-corrected chi connectivity index (χ3v) is 3.67. The van der Waals surface area contributed by atoms with E-state index in [1.165, 1.54) is 6.42 Å². The van der Waals surface area contributed by atoms with Crippen LogP contribution in [0.5, 0.6) is 0 Å². The minimum atomic E-state index is -0.878. The maximum atomic E-state index is 11.2. The van der Waals surface area contributed by atoms with Crippen LogP contribution in [-0.2, 0) is 6.42 Å². The van der Waals surface area contributed by atoms with Crippen molar-refractivity contribution in [2.24, 2.45) is 11.8 Å². The third-order valence-electron chi connectivity index (χ3n) is 3.67. The van der Waals surface area contributed by atoms with Crippen molar-refractivity contribution in [2.45, 2.75) is 33.6 Å². The molecule has 1 fully saturated rings. The van der Waals surface area contributed by atoms with Gasteiger partial charge in [-0.2, -0.15) is 0 Å². The first-order valence-corrected chi connectivity index (χ1v) is 6.98. The Bertz CT molecular complexity index is 463. The van der Waals surface area contributed by atoms with Gasteiger partial charge in [0.05, 0.1) is 5.56 Å². The second-order valence-electron chi connectivity index (χ2n) is 5.72. The number of piperidine rings is 1. The van der Waals surface area contributed by atoms with Crippen LogP contribution in [0.1, 0.15) is 43.2 Å². The average molecular weight is 262 g/mol. The van der Waals surface area contributed by atoms with Crippen molar-refractivity contribution in [1.82, 2.24) is 4.98 Å². The van der Waals surface area contributed by atoms with Gasteiger partial charge in [0.2, 0.25) is 0 Å². The van der Waals surface area contributed by atoms with Crippen LogP contribution < -0.4 is 4.90 Å². The molecule has 2 atom stereocenters. The Labute approximate surface area is 114 Å². The molecule has 1 aromatic heterocycles. The molecule has 104 valence electrons. The molecule has 2 unspecified atom stereocenters. The van der Waals surface area contributed by atoms with Crippen molar-refractivity contribution in [2.75, 3.05) is 18.0 Å². The second-order valence-corrected chi connectivity index (χ2v) is 5.72. The molecular formula is C15H22N2O2. The van der Waals surface area contributed by atoms with Crippen LogP contribution in [0.2, 0.25) is 0 Å². The van der Waals surface area contributed by atoms with E-state index in [1.807, 2.05) is 6.92 Å². The van der Waals surface area contributed by atoms with E-state index in [9.17, 15) is 9.90 Å². The van der Waals surface area contributed by atoms with E-state index in [2.05, 4.69) is 23.7 Å². The molecule has 1 saturated heterocycles. The van der Waals surface area contributed by atoms with Gasteiger partial charge >= 0.3 is 5.97 Å². The van der Waals surface area contributed by atoms with Crippen molar-refractivity contribution in [3.05, 3.63) is 23.4 Å². The first kappa shape index (κ1) is 13.8. The van der Waals surface area contributed by atoms with E-state index in [1.54, 1.807) is 12.1 Å². The molecule has 0 saturated carbocycles. The highest BCUT2D eigenvalue weighted by atomic mass is 16.4.